The van der Waals surface area contributed by atoms with Crippen molar-refractivity contribution in [3.05, 3.63) is 24.3 Å². The van der Waals surface area contributed by atoms with Crippen LogP contribution in [0.5, 0.6) is 5.75 Å². The molecule has 2 N–H and O–H groups in total. The van der Waals surface area contributed by atoms with Crippen molar-refractivity contribution in [1.82, 2.24) is 4.90 Å². The Morgan fingerprint density at radius 2 is 1.88 bits per heavy atom. The summed E-state index contributed by atoms with van der Waals surface area (Å²) in [6.07, 6.45) is 1.53. The molecule has 1 amide bonds. The van der Waals surface area contributed by atoms with E-state index >= 15 is 0 Å². The second-order valence-electron chi connectivity index (χ2n) is 6.92. The molecular formula is C18H28N2O4. The van der Waals surface area contributed by atoms with Gasteiger partial charge in [-0.2, -0.15) is 0 Å². The van der Waals surface area contributed by atoms with Crippen LogP contribution >= 0.6 is 0 Å². The Morgan fingerprint density at radius 1 is 1.21 bits per heavy atom. The zero-order valence-corrected chi connectivity index (χ0v) is 14.8. The maximum atomic E-state index is 12.0. The van der Waals surface area contributed by atoms with E-state index in [-0.39, 0.29) is 12.2 Å². The van der Waals surface area contributed by atoms with Crippen molar-refractivity contribution in [2.24, 2.45) is 0 Å². The number of benzene rings is 1. The van der Waals surface area contributed by atoms with Crippen LogP contribution < -0.4 is 10.5 Å². The molecule has 1 saturated heterocycles. The standard InChI is InChI=1S/C18H28N2O4/c1-18(2,3)24-17(21)20-10-8-14(9-11-20)22-12-13-23-16-7-5-4-6-15(16)19/h4-7,14H,8-13,19H2,1-3H3. The summed E-state index contributed by atoms with van der Waals surface area (Å²) in [6, 6.07) is 7.41. The molecule has 6 nitrogen and oxygen atoms in total. The molecule has 1 aromatic carbocycles. The van der Waals surface area contributed by atoms with Gasteiger partial charge in [0.2, 0.25) is 0 Å². The van der Waals surface area contributed by atoms with Gasteiger partial charge in [-0.3, -0.25) is 0 Å². The molecule has 0 atom stereocenters. The lowest BCUT2D eigenvalue weighted by Gasteiger charge is -2.33. The normalized spacial score (nSPS) is 16.0. The fraction of sp³-hybridized carbons (Fsp3) is 0.611. The summed E-state index contributed by atoms with van der Waals surface area (Å²) < 4.78 is 16.8. The number of piperidine rings is 1. The van der Waals surface area contributed by atoms with Gasteiger partial charge < -0.3 is 24.8 Å². The summed E-state index contributed by atoms with van der Waals surface area (Å²) >= 11 is 0. The van der Waals surface area contributed by atoms with E-state index in [0.717, 1.165) is 12.8 Å². The minimum atomic E-state index is -0.457. The van der Waals surface area contributed by atoms with Gasteiger partial charge in [0.1, 0.15) is 18.0 Å². The number of carbonyl (C=O) groups excluding carboxylic acids is 1. The first-order valence-electron chi connectivity index (χ1n) is 8.42. The van der Waals surface area contributed by atoms with E-state index in [1.807, 2.05) is 45.0 Å². The number of ether oxygens (including phenoxy) is 3. The highest BCUT2D eigenvalue weighted by Gasteiger charge is 2.27. The molecule has 0 spiro atoms. The Hall–Kier alpha value is -1.95. The number of anilines is 1. The van der Waals surface area contributed by atoms with Crippen molar-refractivity contribution >= 4 is 11.8 Å². The quantitative estimate of drug-likeness (QED) is 0.661. The van der Waals surface area contributed by atoms with E-state index in [4.69, 9.17) is 19.9 Å². The van der Waals surface area contributed by atoms with Gasteiger partial charge in [0.15, 0.2) is 0 Å². The first kappa shape index (κ1) is 18.4. The number of nitrogens with zero attached hydrogens (tertiary/aromatic N) is 1. The third kappa shape index (κ3) is 5.92. The van der Waals surface area contributed by atoms with Gasteiger partial charge in [-0.15, -0.1) is 0 Å². The van der Waals surface area contributed by atoms with Gasteiger partial charge in [0.05, 0.1) is 18.4 Å². The smallest absolute Gasteiger partial charge is 0.410 e. The number of amides is 1. The summed E-state index contributed by atoms with van der Waals surface area (Å²) in [4.78, 5) is 13.7. The van der Waals surface area contributed by atoms with Crippen LogP contribution in [0.15, 0.2) is 24.3 Å². The van der Waals surface area contributed by atoms with Gasteiger partial charge in [-0.25, -0.2) is 4.79 Å². The molecular weight excluding hydrogens is 308 g/mol. The predicted molar refractivity (Wildman–Crippen MR) is 93.1 cm³/mol. The first-order valence-corrected chi connectivity index (χ1v) is 8.42. The minimum Gasteiger partial charge on any atom is -0.489 e. The molecule has 2 rings (SSSR count). The zero-order chi connectivity index (χ0) is 17.6. The van der Waals surface area contributed by atoms with Gasteiger partial charge in [0, 0.05) is 13.1 Å². The first-order chi connectivity index (χ1) is 11.3. The third-order valence-corrected chi connectivity index (χ3v) is 3.71. The molecule has 0 saturated carbocycles. The van der Waals surface area contributed by atoms with Crippen LogP contribution in [0.2, 0.25) is 0 Å². The highest BCUT2D eigenvalue weighted by atomic mass is 16.6. The number of hydrogen-bond donors (Lipinski definition) is 1. The summed E-state index contributed by atoms with van der Waals surface area (Å²) in [6.45, 7) is 7.91. The third-order valence-electron chi connectivity index (χ3n) is 3.71. The second-order valence-corrected chi connectivity index (χ2v) is 6.92. The van der Waals surface area contributed by atoms with Gasteiger partial charge in [-0.05, 0) is 45.7 Å². The van der Waals surface area contributed by atoms with E-state index in [1.165, 1.54) is 0 Å². The van der Waals surface area contributed by atoms with Crippen molar-refractivity contribution < 1.29 is 19.0 Å². The summed E-state index contributed by atoms with van der Waals surface area (Å²) in [5, 5.41) is 0. The number of carbonyl (C=O) groups is 1. The van der Waals surface area contributed by atoms with Crippen LogP contribution in [0.25, 0.3) is 0 Å². The van der Waals surface area contributed by atoms with E-state index in [0.29, 0.717) is 37.7 Å². The largest absolute Gasteiger partial charge is 0.489 e. The van der Waals surface area contributed by atoms with Gasteiger partial charge in [-0.1, -0.05) is 12.1 Å². The predicted octanol–water partition coefficient (Wildman–Crippen LogP) is 3.06. The molecule has 1 aromatic rings. The lowest BCUT2D eigenvalue weighted by molar-refractivity contribution is -0.0176. The highest BCUT2D eigenvalue weighted by Crippen LogP contribution is 2.20. The van der Waals surface area contributed by atoms with Crippen LogP contribution in [0.3, 0.4) is 0 Å². The Balaban J connectivity index is 1.63. The van der Waals surface area contributed by atoms with Crippen molar-refractivity contribution in [3.63, 3.8) is 0 Å². The fourth-order valence-electron chi connectivity index (χ4n) is 2.51. The number of likely N-dealkylation sites (tertiary alicyclic amines) is 1. The molecule has 1 aliphatic rings. The molecule has 24 heavy (non-hydrogen) atoms. The number of nitrogens with two attached hydrogens (primary N) is 1. The summed E-state index contributed by atoms with van der Waals surface area (Å²) in [7, 11) is 0. The van der Waals surface area contributed by atoms with Crippen molar-refractivity contribution in [3.8, 4) is 5.75 Å². The second kappa shape index (κ2) is 8.24. The average Bonchev–Trinajstić information content (AvgIpc) is 2.52. The molecule has 0 radical (unpaired) electrons. The van der Waals surface area contributed by atoms with Crippen molar-refractivity contribution in [1.29, 1.82) is 0 Å². The van der Waals surface area contributed by atoms with E-state index in [1.54, 1.807) is 4.90 Å². The lowest BCUT2D eigenvalue weighted by Crippen LogP contribution is -2.43. The molecule has 134 valence electrons. The topological polar surface area (TPSA) is 74.0 Å². The molecule has 0 unspecified atom stereocenters. The minimum absolute atomic E-state index is 0.153. The van der Waals surface area contributed by atoms with E-state index in [9.17, 15) is 4.79 Å². The van der Waals surface area contributed by atoms with E-state index < -0.39 is 5.60 Å². The number of para-hydroxylation sites is 2. The van der Waals surface area contributed by atoms with Crippen LogP contribution in [0.4, 0.5) is 10.5 Å². The Kier molecular flexibility index (Phi) is 6.31. The van der Waals surface area contributed by atoms with Gasteiger partial charge in [0.25, 0.3) is 0 Å². The maximum Gasteiger partial charge on any atom is 0.410 e. The molecule has 1 heterocycles. The number of rotatable bonds is 5. The van der Waals surface area contributed by atoms with Crippen molar-refractivity contribution in [2.75, 3.05) is 32.0 Å². The summed E-state index contributed by atoms with van der Waals surface area (Å²) in [5.41, 5.74) is 5.99. The van der Waals surface area contributed by atoms with Crippen LogP contribution in [0.1, 0.15) is 33.6 Å². The zero-order valence-electron chi connectivity index (χ0n) is 14.8. The Bertz CT molecular complexity index is 534. The number of nitrogen functional groups attached to an aromatic ring is 1. The van der Waals surface area contributed by atoms with E-state index in [2.05, 4.69) is 0 Å². The molecule has 1 fully saturated rings. The highest BCUT2D eigenvalue weighted by molar-refractivity contribution is 5.68. The lowest BCUT2D eigenvalue weighted by atomic mass is 10.1. The molecule has 1 aliphatic heterocycles. The Morgan fingerprint density at radius 3 is 2.50 bits per heavy atom. The maximum absolute atomic E-state index is 12.0. The van der Waals surface area contributed by atoms with Crippen molar-refractivity contribution in [2.45, 2.75) is 45.3 Å². The average molecular weight is 336 g/mol. The Labute approximate surface area is 143 Å². The van der Waals surface area contributed by atoms with Crippen LogP contribution in [-0.2, 0) is 9.47 Å². The summed E-state index contributed by atoms with van der Waals surface area (Å²) in [5.74, 6) is 0.681. The van der Waals surface area contributed by atoms with Gasteiger partial charge >= 0.3 is 6.09 Å². The monoisotopic (exact) mass is 336 g/mol. The van der Waals surface area contributed by atoms with Crippen LogP contribution in [-0.4, -0.2) is 49.0 Å². The van der Waals surface area contributed by atoms with Crippen LogP contribution in [0, 0.1) is 0 Å². The fourth-order valence-corrected chi connectivity index (χ4v) is 2.51. The molecule has 0 aromatic heterocycles. The number of hydrogen-bond acceptors (Lipinski definition) is 5. The molecule has 6 heteroatoms. The SMILES string of the molecule is CC(C)(C)OC(=O)N1CCC(OCCOc2ccccc2N)CC1. The molecule has 0 aliphatic carbocycles. The molecule has 0 bridgehead atoms.